The standard InChI is InChI=1S/C22H25N5O3S/c1-5-30-19(28)12-22(3,4)27-20(29)21-24-13-16(31-21)15-7-6-8-17(25-15)26-18-11-14(2)9-10-23-18/h6-11,13H,5,12H2,1-4H3,(H,27,29)(H,23,25,26). The van der Waals surface area contributed by atoms with E-state index in [2.05, 4.69) is 25.6 Å². The van der Waals surface area contributed by atoms with Gasteiger partial charge in [-0.05, 0) is 57.5 Å². The number of hydrogen-bond acceptors (Lipinski definition) is 8. The number of hydrogen-bond donors (Lipinski definition) is 2. The molecule has 8 nitrogen and oxygen atoms in total. The number of ether oxygens (including phenoxy) is 1. The Hall–Kier alpha value is -3.33. The molecule has 3 aromatic rings. The molecule has 0 unspecified atom stereocenters. The topological polar surface area (TPSA) is 106 Å². The lowest BCUT2D eigenvalue weighted by molar-refractivity contribution is -0.144. The number of anilines is 2. The zero-order valence-corrected chi connectivity index (χ0v) is 18.7. The van der Waals surface area contributed by atoms with Crippen LogP contribution in [0.4, 0.5) is 11.6 Å². The van der Waals surface area contributed by atoms with Gasteiger partial charge < -0.3 is 15.4 Å². The third-order valence-electron chi connectivity index (χ3n) is 4.22. The van der Waals surface area contributed by atoms with Crippen molar-refractivity contribution >= 4 is 34.8 Å². The lowest BCUT2D eigenvalue weighted by atomic mass is 10.0. The fourth-order valence-corrected chi connectivity index (χ4v) is 3.63. The first-order chi connectivity index (χ1) is 14.8. The summed E-state index contributed by atoms with van der Waals surface area (Å²) in [4.78, 5) is 38.2. The van der Waals surface area contributed by atoms with E-state index in [4.69, 9.17) is 4.74 Å². The summed E-state index contributed by atoms with van der Waals surface area (Å²) in [5.74, 6) is 0.649. The van der Waals surface area contributed by atoms with Crippen molar-refractivity contribution in [3.05, 3.63) is 53.3 Å². The summed E-state index contributed by atoms with van der Waals surface area (Å²) in [6.07, 6.45) is 3.43. The van der Waals surface area contributed by atoms with Crippen LogP contribution in [0.25, 0.3) is 10.6 Å². The van der Waals surface area contributed by atoms with E-state index in [1.165, 1.54) is 11.3 Å². The van der Waals surface area contributed by atoms with Crippen LogP contribution in [0.3, 0.4) is 0 Å². The van der Waals surface area contributed by atoms with Gasteiger partial charge >= 0.3 is 5.97 Å². The molecule has 0 saturated heterocycles. The number of amides is 1. The Labute approximate surface area is 185 Å². The van der Waals surface area contributed by atoms with Gasteiger partial charge in [-0.2, -0.15) is 0 Å². The summed E-state index contributed by atoms with van der Waals surface area (Å²) >= 11 is 1.24. The Balaban J connectivity index is 1.70. The lowest BCUT2D eigenvalue weighted by Gasteiger charge is -2.24. The highest BCUT2D eigenvalue weighted by Gasteiger charge is 2.26. The maximum absolute atomic E-state index is 12.6. The number of aromatic nitrogens is 3. The molecular weight excluding hydrogens is 414 g/mol. The Morgan fingerprint density at radius 3 is 2.71 bits per heavy atom. The molecule has 2 N–H and O–H groups in total. The Kier molecular flexibility index (Phi) is 6.96. The van der Waals surface area contributed by atoms with Crippen LogP contribution < -0.4 is 10.6 Å². The monoisotopic (exact) mass is 439 g/mol. The molecule has 1 amide bonds. The highest BCUT2D eigenvalue weighted by Crippen LogP contribution is 2.26. The molecule has 0 aliphatic carbocycles. The molecule has 0 bridgehead atoms. The van der Waals surface area contributed by atoms with Crippen LogP contribution in [-0.2, 0) is 9.53 Å². The van der Waals surface area contributed by atoms with Crippen LogP contribution in [0, 0.1) is 6.92 Å². The van der Waals surface area contributed by atoms with Crippen LogP contribution in [0.15, 0.2) is 42.7 Å². The summed E-state index contributed by atoms with van der Waals surface area (Å²) in [5, 5.41) is 6.32. The van der Waals surface area contributed by atoms with E-state index in [-0.39, 0.29) is 18.3 Å². The van der Waals surface area contributed by atoms with E-state index in [1.54, 1.807) is 33.2 Å². The van der Waals surface area contributed by atoms with Crippen molar-refractivity contribution in [1.29, 1.82) is 0 Å². The molecule has 162 valence electrons. The minimum atomic E-state index is -0.752. The van der Waals surface area contributed by atoms with Gasteiger partial charge in [0.15, 0.2) is 5.01 Å². The van der Waals surface area contributed by atoms with Gasteiger partial charge in [-0.15, -0.1) is 11.3 Å². The van der Waals surface area contributed by atoms with Crippen molar-refractivity contribution in [1.82, 2.24) is 20.3 Å². The van der Waals surface area contributed by atoms with Crippen molar-refractivity contribution in [3.8, 4) is 10.6 Å². The second-order valence-electron chi connectivity index (χ2n) is 7.60. The van der Waals surface area contributed by atoms with Crippen LogP contribution in [0.1, 0.15) is 42.6 Å². The number of pyridine rings is 2. The van der Waals surface area contributed by atoms with Crippen LogP contribution in [0.5, 0.6) is 0 Å². The lowest BCUT2D eigenvalue weighted by Crippen LogP contribution is -2.45. The fourth-order valence-electron chi connectivity index (χ4n) is 2.85. The Morgan fingerprint density at radius 1 is 1.16 bits per heavy atom. The van der Waals surface area contributed by atoms with Gasteiger partial charge in [-0.1, -0.05) is 6.07 Å². The number of carbonyl (C=O) groups excluding carboxylic acids is 2. The molecule has 0 aromatic carbocycles. The molecule has 0 radical (unpaired) electrons. The summed E-state index contributed by atoms with van der Waals surface area (Å²) in [6.45, 7) is 7.59. The van der Waals surface area contributed by atoms with Crippen LogP contribution in [0.2, 0.25) is 0 Å². The Bertz CT molecular complexity index is 1080. The first-order valence-electron chi connectivity index (χ1n) is 9.87. The van der Waals surface area contributed by atoms with Crippen LogP contribution in [-0.4, -0.2) is 39.0 Å². The Morgan fingerprint density at radius 2 is 1.97 bits per heavy atom. The van der Waals surface area contributed by atoms with Crippen molar-refractivity contribution in [2.24, 2.45) is 0 Å². The maximum Gasteiger partial charge on any atom is 0.308 e. The smallest absolute Gasteiger partial charge is 0.308 e. The predicted molar refractivity (Wildman–Crippen MR) is 120 cm³/mol. The fraction of sp³-hybridized carbons (Fsp3) is 0.318. The first-order valence-corrected chi connectivity index (χ1v) is 10.7. The van der Waals surface area contributed by atoms with Gasteiger partial charge in [-0.3, -0.25) is 9.59 Å². The van der Waals surface area contributed by atoms with Crippen molar-refractivity contribution in [2.75, 3.05) is 11.9 Å². The number of aryl methyl sites for hydroxylation is 1. The zero-order valence-electron chi connectivity index (χ0n) is 17.9. The third kappa shape index (κ3) is 6.32. The SMILES string of the molecule is CCOC(=O)CC(C)(C)NC(=O)c1ncc(-c2cccc(Nc3cc(C)ccn3)n2)s1. The number of esters is 1. The number of nitrogens with one attached hydrogen (secondary N) is 2. The van der Waals surface area contributed by atoms with E-state index < -0.39 is 5.54 Å². The molecule has 0 aliphatic rings. The predicted octanol–water partition coefficient (Wildman–Crippen LogP) is 4.11. The quantitative estimate of drug-likeness (QED) is 0.509. The molecular formula is C22H25N5O3S. The third-order valence-corrected chi connectivity index (χ3v) is 5.24. The highest BCUT2D eigenvalue weighted by molar-refractivity contribution is 7.16. The van der Waals surface area contributed by atoms with E-state index in [1.807, 2.05) is 37.3 Å². The first kappa shape index (κ1) is 22.4. The molecule has 0 aliphatic heterocycles. The number of carbonyl (C=O) groups is 2. The molecule has 0 saturated carbocycles. The van der Waals surface area contributed by atoms with Gasteiger partial charge in [0.25, 0.3) is 5.91 Å². The molecule has 31 heavy (non-hydrogen) atoms. The summed E-state index contributed by atoms with van der Waals surface area (Å²) < 4.78 is 4.97. The van der Waals surface area contributed by atoms with Gasteiger partial charge in [0.05, 0.1) is 23.6 Å². The number of thiazole rings is 1. The second-order valence-corrected chi connectivity index (χ2v) is 8.63. The maximum atomic E-state index is 12.6. The molecule has 9 heteroatoms. The van der Waals surface area contributed by atoms with Gasteiger partial charge in [-0.25, -0.2) is 15.0 Å². The molecule has 3 heterocycles. The van der Waals surface area contributed by atoms with Crippen molar-refractivity contribution in [3.63, 3.8) is 0 Å². The largest absolute Gasteiger partial charge is 0.466 e. The summed E-state index contributed by atoms with van der Waals surface area (Å²) in [6, 6.07) is 9.44. The van der Waals surface area contributed by atoms with E-state index >= 15 is 0 Å². The summed E-state index contributed by atoms with van der Waals surface area (Å²) in [5.41, 5.74) is 1.04. The molecule has 3 aromatic heterocycles. The molecule has 0 spiro atoms. The van der Waals surface area contributed by atoms with Crippen LogP contribution >= 0.6 is 11.3 Å². The van der Waals surface area contributed by atoms with Crippen molar-refractivity contribution < 1.29 is 14.3 Å². The van der Waals surface area contributed by atoms with E-state index in [0.717, 1.165) is 10.4 Å². The molecule has 0 atom stereocenters. The number of nitrogens with zero attached hydrogens (tertiary/aromatic N) is 3. The average Bonchev–Trinajstić information content (AvgIpc) is 3.18. The number of rotatable bonds is 8. The van der Waals surface area contributed by atoms with Gasteiger partial charge in [0, 0.05) is 17.9 Å². The molecule has 3 rings (SSSR count). The minimum Gasteiger partial charge on any atom is -0.466 e. The van der Waals surface area contributed by atoms with E-state index in [0.29, 0.717) is 28.9 Å². The zero-order chi connectivity index (χ0) is 22.4. The minimum absolute atomic E-state index is 0.0765. The van der Waals surface area contributed by atoms with E-state index in [9.17, 15) is 9.59 Å². The average molecular weight is 440 g/mol. The second kappa shape index (κ2) is 9.65. The van der Waals surface area contributed by atoms with Crippen molar-refractivity contribution in [2.45, 2.75) is 39.7 Å². The summed E-state index contributed by atoms with van der Waals surface area (Å²) in [7, 11) is 0. The normalized spacial score (nSPS) is 11.1. The van der Waals surface area contributed by atoms with Gasteiger partial charge in [0.2, 0.25) is 0 Å². The van der Waals surface area contributed by atoms with Gasteiger partial charge in [0.1, 0.15) is 11.6 Å². The molecule has 0 fully saturated rings. The highest BCUT2D eigenvalue weighted by atomic mass is 32.1.